The second kappa shape index (κ2) is 6.89. The predicted molar refractivity (Wildman–Crippen MR) is 107 cm³/mol. The van der Waals surface area contributed by atoms with Crippen LogP contribution in [-0.4, -0.2) is 41.3 Å². The maximum absolute atomic E-state index is 13.7. The van der Waals surface area contributed by atoms with E-state index in [0.29, 0.717) is 41.1 Å². The quantitative estimate of drug-likeness (QED) is 0.521. The van der Waals surface area contributed by atoms with Gasteiger partial charge in [0.25, 0.3) is 5.91 Å². The molecule has 1 saturated carbocycles. The van der Waals surface area contributed by atoms with Crippen LogP contribution >= 0.6 is 11.6 Å². The smallest absolute Gasteiger partial charge is 0.269 e. The van der Waals surface area contributed by atoms with Gasteiger partial charge in [-0.25, -0.2) is 18.9 Å². The molecule has 8 nitrogen and oxygen atoms in total. The molecule has 30 heavy (non-hydrogen) atoms. The van der Waals surface area contributed by atoms with Crippen molar-refractivity contribution in [2.45, 2.75) is 25.0 Å². The molecular formula is C20H16ClFN6O2. The van der Waals surface area contributed by atoms with E-state index >= 15 is 0 Å². The van der Waals surface area contributed by atoms with Crippen LogP contribution in [0.3, 0.4) is 0 Å². The van der Waals surface area contributed by atoms with Gasteiger partial charge >= 0.3 is 0 Å². The fraction of sp³-hybridized carbons (Fsp3) is 0.200. The van der Waals surface area contributed by atoms with Crippen LogP contribution in [0.5, 0.6) is 0 Å². The number of primary amides is 1. The Bertz CT molecular complexity index is 1290. The van der Waals surface area contributed by atoms with E-state index in [1.165, 1.54) is 22.8 Å². The molecule has 152 valence electrons. The van der Waals surface area contributed by atoms with Crippen LogP contribution in [0.15, 0.2) is 42.9 Å². The molecule has 0 unspecified atom stereocenters. The van der Waals surface area contributed by atoms with Crippen LogP contribution < -0.4 is 5.73 Å². The lowest BCUT2D eigenvalue weighted by Crippen LogP contribution is -2.30. The number of hydrogen-bond donors (Lipinski definition) is 2. The van der Waals surface area contributed by atoms with Crippen molar-refractivity contribution in [1.29, 1.82) is 0 Å². The zero-order chi connectivity index (χ0) is 21.0. The molecule has 3 heterocycles. The minimum absolute atomic E-state index is 0.0129. The van der Waals surface area contributed by atoms with E-state index in [2.05, 4.69) is 15.1 Å². The first kappa shape index (κ1) is 18.7. The third-order valence-corrected chi connectivity index (χ3v) is 5.62. The largest absolute Gasteiger partial charge is 0.393 e. The van der Waals surface area contributed by atoms with Crippen LogP contribution in [0, 0.1) is 5.82 Å². The number of amides is 1. The monoisotopic (exact) mass is 426 g/mol. The summed E-state index contributed by atoms with van der Waals surface area (Å²) < 4.78 is 17.0. The number of nitrogens with two attached hydrogens (primary N) is 1. The molecule has 1 aromatic carbocycles. The number of carbonyl (C=O) groups is 1. The molecule has 0 radical (unpaired) electrons. The molecule has 5 rings (SSSR count). The van der Waals surface area contributed by atoms with Crippen LogP contribution in [0.25, 0.3) is 28.3 Å². The Balaban J connectivity index is 1.72. The second-order valence-corrected chi connectivity index (χ2v) is 7.66. The number of imidazole rings is 2. The molecule has 1 amide bonds. The van der Waals surface area contributed by atoms with Gasteiger partial charge in [0.15, 0.2) is 5.65 Å². The number of carbonyl (C=O) groups excluding carboxylic acids is 1. The molecule has 10 heteroatoms. The Morgan fingerprint density at radius 3 is 2.73 bits per heavy atom. The number of rotatable bonds is 4. The van der Waals surface area contributed by atoms with Crippen LogP contribution in [0.1, 0.15) is 29.4 Å². The zero-order valence-electron chi connectivity index (χ0n) is 15.5. The minimum atomic E-state index is -0.645. The average Bonchev–Trinajstić information content (AvgIpc) is 3.31. The Morgan fingerprint density at radius 2 is 2.03 bits per heavy atom. The summed E-state index contributed by atoms with van der Waals surface area (Å²) in [5.74, 6) is -1.17. The standard InChI is InChI=1S/C20H16ClFN6O2/c21-13-5-10(1-2-14(13)22)18-19(27(9-25-18)11-6-12(29)7-11)15-3-4-17-24-8-16(20(23)30)28(17)26-15/h1-5,8-9,11-12,29H,6-7H2,(H2,23,30)/t11-,12+. The highest BCUT2D eigenvalue weighted by Crippen LogP contribution is 2.39. The molecular weight excluding hydrogens is 411 g/mol. The average molecular weight is 427 g/mol. The molecule has 1 aliphatic rings. The van der Waals surface area contributed by atoms with Crippen molar-refractivity contribution in [3.8, 4) is 22.6 Å². The van der Waals surface area contributed by atoms with Gasteiger partial charge in [-0.3, -0.25) is 4.79 Å². The highest BCUT2D eigenvalue weighted by molar-refractivity contribution is 6.31. The highest BCUT2D eigenvalue weighted by Gasteiger charge is 2.32. The van der Waals surface area contributed by atoms with E-state index in [0.717, 1.165) is 0 Å². The predicted octanol–water partition coefficient (Wildman–Crippen LogP) is 2.85. The first-order valence-electron chi connectivity index (χ1n) is 9.27. The summed E-state index contributed by atoms with van der Waals surface area (Å²) in [5.41, 5.74) is 8.44. The highest BCUT2D eigenvalue weighted by atomic mass is 35.5. The van der Waals surface area contributed by atoms with E-state index < -0.39 is 11.7 Å². The summed E-state index contributed by atoms with van der Waals surface area (Å²) >= 11 is 5.99. The number of fused-ring (bicyclic) bond motifs is 1. The summed E-state index contributed by atoms with van der Waals surface area (Å²) in [4.78, 5) is 20.4. The summed E-state index contributed by atoms with van der Waals surface area (Å²) in [5, 5.41) is 14.3. The molecule has 0 saturated heterocycles. The number of halogens is 2. The molecule has 3 N–H and O–H groups in total. The fourth-order valence-electron chi connectivity index (χ4n) is 3.70. The Morgan fingerprint density at radius 1 is 1.23 bits per heavy atom. The minimum Gasteiger partial charge on any atom is -0.393 e. The van der Waals surface area contributed by atoms with Crippen molar-refractivity contribution in [1.82, 2.24) is 24.1 Å². The number of hydrogen-bond acceptors (Lipinski definition) is 5. The molecule has 3 aromatic heterocycles. The van der Waals surface area contributed by atoms with E-state index in [4.69, 9.17) is 17.3 Å². The van der Waals surface area contributed by atoms with E-state index in [-0.39, 0.29) is 22.9 Å². The molecule has 0 spiro atoms. The van der Waals surface area contributed by atoms with Crippen molar-refractivity contribution in [3.63, 3.8) is 0 Å². The summed E-state index contributed by atoms with van der Waals surface area (Å²) in [6.07, 6.45) is 3.86. The molecule has 0 atom stereocenters. The van der Waals surface area contributed by atoms with E-state index in [9.17, 15) is 14.3 Å². The molecule has 1 aliphatic carbocycles. The van der Waals surface area contributed by atoms with E-state index in [1.807, 2.05) is 4.57 Å². The van der Waals surface area contributed by atoms with Gasteiger partial charge in [0.2, 0.25) is 0 Å². The van der Waals surface area contributed by atoms with Crippen molar-refractivity contribution < 1.29 is 14.3 Å². The van der Waals surface area contributed by atoms with Gasteiger partial charge in [0, 0.05) is 11.6 Å². The third-order valence-electron chi connectivity index (χ3n) is 5.33. The summed E-state index contributed by atoms with van der Waals surface area (Å²) in [6, 6.07) is 7.92. The van der Waals surface area contributed by atoms with Crippen molar-refractivity contribution in [2.75, 3.05) is 0 Å². The SMILES string of the molecule is NC(=O)c1cnc2ccc(-c3c(-c4ccc(F)c(Cl)c4)ncn3[C@H]3C[C@@H](O)C3)nn12. The summed E-state index contributed by atoms with van der Waals surface area (Å²) in [6.45, 7) is 0. The van der Waals surface area contributed by atoms with Gasteiger partial charge in [-0.2, -0.15) is 5.10 Å². The number of benzene rings is 1. The van der Waals surface area contributed by atoms with Crippen LogP contribution in [0.2, 0.25) is 5.02 Å². The number of aliphatic hydroxyl groups excluding tert-OH is 1. The van der Waals surface area contributed by atoms with Gasteiger partial charge in [-0.1, -0.05) is 11.6 Å². The second-order valence-electron chi connectivity index (χ2n) is 7.25. The number of nitrogens with zero attached hydrogens (tertiary/aromatic N) is 5. The molecule has 0 aliphatic heterocycles. The van der Waals surface area contributed by atoms with Crippen LogP contribution in [0.4, 0.5) is 4.39 Å². The Hall–Kier alpha value is -3.30. The lowest BCUT2D eigenvalue weighted by atomic mass is 9.89. The summed E-state index contributed by atoms with van der Waals surface area (Å²) in [7, 11) is 0. The molecule has 1 fully saturated rings. The van der Waals surface area contributed by atoms with Crippen molar-refractivity contribution in [2.24, 2.45) is 5.73 Å². The molecule has 0 bridgehead atoms. The zero-order valence-corrected chi connectivity index (χ0v) is 16.3. The first-order chi connectivity index (χ1) is 14.4. The van der Waals surface area contributed by atoms with Crippen LogP contribution in [-0.2, 0) is 0 Å². The maximum atomic E-state index is 13.7. The topological polar surface area (TPSA) is 111 Å². The lowest BCUT2D eigenvalue weighted by Gasteiger charge is -2.33. The lowest BCUT2D eigenvalue weighted by molar-refractivity contribution is 0.0491. The molecule has 4 aromatic rings. The van der Waals surface area contributed by atoms with Gasteiger partial charge < -0.3 is 15.4 Å². The van der Waals surface area contributed by atoms with Crippen molar-refractivity contribution in [3.05, 3.63) is 59.4 Å². The normalized spacial score (nSPS) is 18.5. The van der Waals surface area contributed by atoms with Gasteiger partial charge in [-0.15, -0.1) is 0 Å². The Kier molecular flexibility index (Phi) is 4.30. The van der Waals surface area contributed by atoms with Gasteiger partial charge in [-0.05, 0) is 43.2 Å². The fourth-order valence-corrected chi connectivity index (χ4v) is 3.88. The number of aromatic nitrogens is 5. The third kappa shape index (κ3) is 2.94. The van der Waals surface area contributed by atoms with Gasteiger partial charge in [0.05, 0.1) is 35.0 Å². The van der Waals surface area contributed by atoms with E-state index in [1.54, 1.807) is 24.5 Å². The maximum Gasteiger partial charge on any atom is 0.269 e. The Labute approximate surface area is 174 Å². The first-order valence-corrected chi connectivity index (χ1v) is 9.65. The van der Waals surface area contributed by atoms with Gasteiger partial charge in [0.1, 0.15) is 17.2 Å². The number of aliphatic hydroxyl groups is 1. The van der Waals surface area contributed by atoms with Crippen molar-refractivity contribution >= 4 is 23.2 Å².